The highest BCUT2D eigenvalue weighted by Gasteiger charge is 1.95. The minimum absolute atomic E-state index is 0.161. The second-order valence-corrected chi connectivity index (χ2v) is 2.58. The van der Waals surface area contributed by atoms with Gasteiger partial charge >= 0.3 is 5.97 Å². The van der Waals surface area contributed by atoms with Crippen LogP contribution in [0.3, 0.4) is 0 Å². The normalized spacial score (nSPS) is 10.4. The van der Waals surface area contributed by atoms with E-state index in [1.165, 1.54) is 25.4 Å². The lowest BCUT2D eigenvalue weighted by atomic mass is 10.3. The third kappa shape index (κ3) is 3.35. The number of halogens is 1. The fourth-order valence-electron chi connectivity index (χ4n) is 0.872. The summed E-state index contributed by atoms with van der Waals surface area (Å²) < 4.78 is 17.1. The van der Waals surface area contributed by atoms with Crippen LogP contribution in [0.4, 0.5) is 4.39 Å². The van der Waals surface area contributed by atoms with Crippen LogP contribution in [-0.4, -0.2) is 18.1 Å². The molecule has 0 radical (unpaired) electrons. The number of rotatable bonds is 3. The summed E-state index contributed by atoms with van der Waals surface area (Å²) in [5.74, 6) is -0.685. The highest BCUT2D eigenvalue weighted by atomic mass is 19.1. The Kier molecular flexibility index (Phi) is 3.79. The SMILES string of the molecule is COC(=O)CC=Cc1cc(F)ccn1. The zero-order valence-electron chi connectivity index (χ0n) is 7.74. The Morgan fingerprint density at radius 2 is 2.50 bits per heavy atom. The second-order valence-electron chi connectivity index (χ2n) is 2.58. The van der Waals surface area contributed by atoms with Gasteiger partial charge in [0.2, 0.25) is 0 Å². The molecule has 0 spiro atoms. The Morgan fingerprint density at radius 1 is 1.71 bits per heavy atom. The fourth-order valence-corrected chi connectivity index (χ4v) is 0.872. The first-order valence-corrected chi connectivity index (χ1v) is 4.07. The van der Waals surface area contributed by atoms with Crippen molar-refractivity contribution in [2.45, 2.75) is 6.42 Å². The molecule has 1 aromatic rings. The molecule has 14 heavy (non-hydrogen) atoms. The molecule has 1 rings (SSSR count). The van der Waals surface area contributed by atoms with Crippen LogP contribution in [0.25, 0.3) is 6.08 Å². The van der Waals surface area contributed by atoms with Crippen LogP contribution in [0.5, 0.6) is 0 Å². The summed E-state index contributed by atoms with van der Waals surface area (Å²) in [4.78, 5) is 14.6. The number of hydrogen-bond acceptors (Lipinski definition) is 3. The summed E-state index contributed by atoms with van der Waals surface area (Å²) in [6.45, 7) is 0. The van der Waals surface area contributed by atoms with E-state index in [-0.39, 0.29) is 18.2 Å². The Labute approximate surface area is 81.2 Å². The quantitative estimate of drug-likeness (QED) is 0.690. The van der Waals surface area contributed by atoms with Crippen molar-refractivity contribution < 1.29 is 13.9 Å². The maximum absolute atomic E-state index is 12.7. The standard InChI is InChI=1S/C10H10FNO2/c1-14-10(13)4-2-3-9-7-8(11)5-6-12-9/h2-3,5-7H,4H2,1H3. The monoisotopic (exact) mass is 195 g/mol. The van der Waals surface area contributed by atoms with Gasteiger partial charge in [-0.05, 0) is 18.2 Å². The third-order valence-electron chi connectivity index (χ3n) is 1.54. The smallest absolute Gasteiger partial charge is 0.309 e. The molecule has 0 N–H and O–H groups in total. The number of methoxy groups -OCH3 is 1. The van der Waals surface area contributed by atoms with E-state index in [0.717, 1.165) is 0 Å². The lowest BCUT2D eigenvalue weighted by Crippen LogP contribution is -1.96. The van der Waals surface area contributed by atoms with Crippen LogP contribution in [-0.2, 0) is 9.53 Å². The molecular formula is C10H10FNO2. The molecule has 0 aromatic carbocycles. The number of carbonyl (C=O) groups excluding carboxylic acids is 1. The Balaban J connectivity index is 2.56. The van der Waals surface area contributed by atoms with Gasteiger partial charge in [-0.3, -0.25) is 9.78 Å². The van der Waals surface area contributed by atoms with Crippen molar-refractivity contribution in [2.24, 2.45) is 0 Å². The first-order valence-electron chi connectivity index (χ1n) is 4.07. The molecule has 0 fully saturated rings. The molecule has 4 heteroatoms. The highest BCUT2D eigenvalue weighted by molar-refractivity contribution is 5.72. The third-order valence-corrected chi connectivity index (χ3v) is 1.54. The Hall–Kier alpha value is -1.71. The van der Waals surface area contributed by atoms with Gasteiger partial charge in [0, 0.05) is 6.20 Å². The maximum Gasteiger partial charge on any atom is 0.309 e. The molecule has 0 atom stereocenters. The van der Waals surface area contributed by atoms with Gasteiger partial charge in [-0.2, -0.15) is 0 Å². The van der Waals surface area contributed by atoms with Crippen molar-refractivity contribution in [3.8, 4) is 0 Å². The summed E-state index contributed by atoms with van der Waals surface area (Å²) in [5.41, 5.74) is 0.480. The van der Waals surface area contributed by atoms with Crippen LogP contribution in [0, 0.1) is 5.82 Å². The number of ether oxygens (including phenoxy) is 1. The predicted molar refractivity (Wildman–Crippen MR) is 49.9 cm³/mol. The molecule has 0 amide bonds. The summed E-state index contributed by atoms with van der Waals surface area (Å²) in [5, 5.41) is 0. The molecule has 0 aliphatic rings. The molecular weight excluding hydrogens is 185 g/mol. The number of hydrogen-bond donors (Lipinski definition) is 0. The van der Waals surface area contributed by atoms with Crippen LogP contribution >= 0.6 is 0 Å². The predicted octanol–water partition coefficient (Wildman–Crippen LogP) is 1.80. The number of aromatic nitrogens is 1. The van der Waals surface area contributed by atoms with Crippen molar-refractivity contribution in [1.29, 1.82) is 0 Å². The van der Waals surface area contributed by atoms with E-state index in [1.807, 2.05) is 0 Å². The zero-order valence-corrected chi connectivity index (χ0v) is 7.74. The van der Waals surface area contributed by atoms with Crippen LogP contribution < -0.4 is 0 Å². The molecule has 74 valence electrons. The number of carbonyl (C=O) groups is 1. The molecule has 0 bridgehead atoms. The van der Waals surface area contributed by atoms with Crippen LogP contribution in [0.2, 0.25) is 0 Å². The van der Waals surface area contributed by atoms with Crippen molar-refractivity contribution >= 4 is 12.0 Å². The van der Waals surface area contributed by atoms with E-state index in [1.54, 1.807) is 12.2 Å². The summed E-state index contributed by atoms with van der Waals surface area (Å²) in [6.07, 6.45) is 4.68. The van der Waals surface area contributed by atoms with Crippen molar-refractivity contribution in [2.75, 3.05) is 7.11 Å². The van der Waals surface area contributed by atoms with Gasteiger partial charge in [-0.1, -0.05) is 6.08 Å². The van der Waals surface area contributed by atoms with Gasteiger partial charge < -0.3 is 4.74 Å². The van der Waals surface area contributed by atoms with Crippen molar-refractivity contribution in [3.63, 3.8) is 0 Å². The maximum atomic E-state index is 12.7. The molecule has 3 nitrogen and oxygen atoms in total. The number of esters is 1. The zero-order chi connectivity index (χ0) is 10.4. The molecule has 0 aliphatic heterocycles. The lowest BCUT2D eigenvalue weighted by Gasteiger charge is -1.93. The van der Waals surface area contributed by atoms with E-state index in [4.69, 9.17) is 0 Å². The molecule has 1 heterocycles. The molecule has 0 saturated heterocycles. The summed E-state index contributed by atoms with van der Waals surface area (Å²) >= 11 is 0. The van der Waals surface area contributed by atoms with Crippen LogP contribution in [0.1, 0.15) is 12.1 Å². The molecule has 1 aromatic heterocycles. The first-order chi connectivity index (χ1) is 6.72. The van der Waals surface area contributed by atoms with E-state index < -0.39 is 0 Å². The van der Waals surface area contributed by atoms with Gasteiger partial charge in [0.25, 0.3) is 0 Å². The largest absolute Gasteiger partial charge is 0.469 e. The van der Waals surface area contributed by atoms with Gasteiger partial charge in [0.05, 0.1) is 19.2 Å². The average Bonchev–Trinajstić information content (AvgIpc) is 2.17. The Bertz CT molecular complexity index is 350. The molecule has 0 saturated carbocycles. The van der Waals surface area contributed by atoms with Gasteiger partial charge in [-0.25, -0.2) is 4.39 Å². The summed E-state index contributed by atoms with van der Waals surface area (Å²) in [7, 11) is 1.32. The minimum atomic E-state index is -0.349. The highest BCUT2D eigenvalue weighted by Crippen LogP contribution is 2.02. The van der Waals surface area contributed by atoms with Gasteiger partial charge in [0.15, 0.2) is 0 Å². The van der Waals surface area contributed by atoms with Crippen molar-refractivity contribution in [1.82, 2.24) is 4.98 Å². The minimum Gasteiger partial charge on any atom is -0.469 e. The molecule has 0 aliphatic carbocycles. The Morgan fingerprint density at radius 3 is 3.14 bits per heavy atom. The van der Waals surface area contributed by atoms with Crippen molar-refractivity contribution in [3.05, 3.63) is 35.9 Å². The number of pyridine rings is 1. The van der Waals surface area contributed by atoms with E-state index in [9.17, 15) is 9.18 Å². The van der Waals surface area contributed by atoms with E-state index in [0.29, 0.717) is 5.69 Å². The number of nitrogens with zero attached hydrogens (tertiary/aromatic N) is 1. The lowest BCUT2D eigenvalue weighted by molar-refractivity contribution is -0.139. The second kappa shape index (κ2) is 5.11. The first kappa shape index (κ1) is 10.4. The summed E-state index contributed by atoms with van der Waals surface area (Å²) in [6, 6.07) is 2.55. The average molecular weight is 195 g/mol. The fraction of sp³-hybridized carbons (Fsp3) is 0.200. The van der Waals surface area contributed by atoms with Crippen LogP contribution in [0.15, 0.2) is 24.4 Å². The van der Waals surface area contributed by atoms with Gasteiger partial charge in [-0.15, -0.1) is 0 Å². The molecule has 0 unspecified atom stereocenters. The van der Waals surface area contributed by atoms with E-state index in [2.05, 4.69) is 9.72 Å². The van der Waals surface area contributed by atoms with E-state index >= 15 is 0 Å². The topological polar surface area (TPSA) is 39.2 Å². The van der Waals surface area contributed by atoms with Gasteiger partial charge in [0.1, 0.15) is 5.82 Å².